The van der Waals surface area contributed by atoms with Crippen molar-refractivity contribution < 1.29 is 0 Å². The van der Waals surface area contributed by atoms with Crippen molar-refractivity contribution >= 4 is 22.5 Å². The second-order valence-corrected chi connectivity index (χ2v) is 4.02. The molecule has 0 atom stereocenters. The van der Waals surface area contributed by atoms with Gasteiger partial charge in [0.1, 0.15) is 5.04 Å². The summed E-state index contributed by atoms with van der Waals surface area (Å²) >= 11 is 1.70. The van der Waals surface area contributed by atoms with Gasteiger partial charge in [-0.15, -0.1) is 11.8 Å². The summed E-state index contributed by atoms with van der Waals surface area (Å²) < 4.78 is 0. The Balaban J connectivity index is 2.01. The Morgan fingerprint density at radius 2 is 2.14 bits per heavy atom. The number of anilines is 1. The van der Waals surface area contributed by atoms with Crippen molar-refractivity contribution in [2.45, 2.75) is 0 Å². The lowest BCUT2D eigenvalue weighted by molar-refractivity contribution is 1.17. The van der Waals surface area contributed by atoms with E-state index in [4.69, 9.17) is 6.58 Å². The maximum absolute atomic E-state index is 5.86. The molecule has 1 aromatic rings. The van der Waals surface area contributed by atoms with Crippen LogP contribution >= 0.6 is 11.8 Å². The SMILES string of the molecule is [CH]=C(Nc1ccccc1)C1=NCCS1. The summed E-state index contributed by atoms with van der Waals surface area (Å²) in [6.45, 7) is 6.74. The van der Waals surface area contributed by atoms with Crippen LogP contribution < -0.4 is 5.32 Å². The predicted octanol–water partition coefficient (Wildman–Crippen LogP) is 2.56. The first kappa shape index (κ1) is 9.34. The largest absolute Gasteiger partial charge is 0.353 e. The van der Waals surface area contributed by atoms with Crippen LogP contribution in [0.25, 0.3) is 0 Å². The van der Waals surface area contributed by atoms with Crippen molar-refractivity contribution in [1.29, 1.82) is 0 Å². The highest BCUT2D eigenvalue weighted by Gasteiger charge is 2.10. The summed E-state index contributed by atoms with van der Waals surface area (Å²) in [6.07, 6.45) is 0. The quantitative estimate of drug-likeness (QED) is 0.816. The molecule has 0 spiro atoms. The van der Waals surface area contributed by atoms with Crippen LogP contribution in [-0.4, -0.2) is 17.3 Å². The third-order valence-corrected chi connectivity index (χ3v) is 2.88. The number of rotatable bonds is 3. The smallest absolute Gasteiger partial charge is 0.114 e. The molecule has 1 N–H and O–H groups in total. The van der Waals surface area contributed by atoms with Gasteiger partial charge in [0, 0.05) is 18.0 Å². The molecular formula is C11H11N2S. The van der Waals surface area contributed by atoms with Gasteiger partial charge in [0.25, 0.3) is 0 Å². The molecule has 0 amide bonds. The van der Waals surface area contributed by atoms with E-state index in [1.165, 1.54) is 0 Å². The van der Waals surface area contributed by atoms with Crippen LogP contribution in [0, 0.1) is 6.58 Å². The molecule has 0 bridgehead atoms. The minimum atomic E-state index is 0.652. The molecule has 71 valence electrons. The summed E-state index contributed by atoms with van der Waals surface area (Å²) in [7, 11) is 0. The number of thioether (sulfide) groups is 1. The van der Waals surface area contributed by atoms with E-state index < -0.39 is 0 Å². The summed E-state index contributed by atoms with van der Waals surface area (Å²) in [4.78, 5) is 4.29. The van der Waals surface area contributed by atoms with Gasteiger partial charge in [-0.1, -0.05) is 18.2 Å². The number of aliphatic imine (C=N–C) groups is 1. The van der Waals surface area contributed by atoms with Gasteiger partial charge in [0.05, 0.1) is 5.70 Å². The average molecular weight is 203 g/mol. The van der Waals surface area contributed by atoms with Crippen molar-refractivity contribution in [2.24, 2.45) is 4.99 Å². The molecule has 2 rings (SSSR count). The molecule has 0 aromatic heterocycles. The molecule has 3 heteroatoms. The van der Waals surface area contributed by atoms with Crippen LogP contribution in [0.3, 0.4) is 0 Å². The van der Waals surface area contributed by atoms with E-state index in [-0.39, 0.29) is 0 Å². The first-order valence-electron chi connectivity index (χ1n) is 4.48. The maximum Gasteiger partial charge on any atom is 0.114 e. The summed E-state index contributed by atoms with van der Waals surface area (Å²) in [5, 5.41) is 4.05. The predicted molar refractivity (Wildman–Crippen MR) is 62.6 cm³/mol. The number of para-hydroxylation sites is 1. The first-order valence-corrected chi connectivity index (χ1v) is 5.47. The van der Waals surface area contributed by atoms with Crippen LogP contribution in [0.2, 0.25) is 0 Å². The highest BCUT2D eigenvalue weighted by atomic mass is 32.2. The second kappa shape index (κ2) is 4.33. The fourth-order valence-electron chi connectivity index (χ4n) is 1.23. The van der Waals surface area contributed by atoms with Crippen LogP contribution in [-0.2, 0) is 0 Å². The molecule has 1 aliphatic heterocycles. The number of nitrogens with zero attached hydrogens (tertiary/aromatic N) is 1. The van der Waals surface area contributed by atoms with E-state index >= 15 is 0 Å². The van der Waals surface area contributed by atoms with Crippen molar-refractivity contribution in [3.63, 3.8) is 0 Å². The molecule has 0 unspecified atom stereocenters. The third-order valence-electron chi connectivity index (χ3n) is 1.87. The van der Waals surface area contributed by atoms with Crippen LogP contribution in [0.4, 0.5) is 5.69 Å². The van der Waals surface area contributed by atoms with Gasteiger partial charge in [-0.05, 0) is 18.7 Å². The molecule has 1 aromatic carbocycles. The number of hydrogen-bond donors (Lipinski definition) is 1. The molecule has 14 heavy (non-hydrogen) atoms. The summed E-state index contributed by atoms with van der Waals surface area (Å²) in [6, 6.07) is 9.88. The van der Waals surface area contributed by atoms with Gasteiger partial charge >= 0.3 is 0 Å². The van der Waals surface area contributed by atoms with Crippen molar-refractivity contribution in [3.8, 4) is 0 Å². The zero-order valence-corrected chi connectivity index (χ0v) is 8.55. The molecule has 2 nitrogen and oxygen atoms in total. The van der Waals surface area contributed by atoms with Crippen LogP contribution in [0.15, 0.2) is 41.0 Å². The Morgan fingerprint density at radius 1 is 1.36 bits per heavy atom. The zero-order valence-electron chi connectivity index (χ0n) is 7.73. The fraction of sp³-hybridized carbons (Fsp3) is 0.182. The lowest BCUT2D eigenvalue weighted by atomic mass is 10.3. The van der Waals surface area contributed by atoms with Crippen LogP contribution in [0.1, 0.15) is 0 Å². The molecule has 0 saturated heterocycles. The van der Waals surface area contributed by atoms with E-state index in [1.54, 1.807) is 11.8 Å². The fourth-order valence-corrected chi connectivity index (χ4v) is 1.99. The van der Waals surface area contributed by atoms with E-state index in [1.807, 2.05) is 30.3 Å². The minimum Gasteiger partial charge on any atom is -0.353 e. The van der Waals surface area contributed by atoms with Crippen molar-refractivity contribution in [2.75, 3.05) is 17.6 Å². The standard InChI is InChI=1S/C11H11N2S/c1-9(11-12-7-8-14-11)13-10-5-3-2-4-6-10/h1-6,13H,7-8H2. The Kier molecular flexibility index (Phi) is 2.89. The lowest BCUT2D eigenvalue weighted by Crippen LogP contribution is -2.05. The molecule has 1 radical (unpaired) electrons. The van der Waals surface area contributed by atoms with Gasteiger partial charge in [0.2, 0.25) is 0 Å². The average Bonchev–Trinajstić information content (AvgIpc) is 2.72. The van der Waals surface area contributed by atoms with E-state index in [0.29, 0.717) is 5.70 Å². The summed E-state index contributed by atoms with van der Waals surface area (Å²) in [5.41, 5.74) is 1.65. The zero-order chi connectivity index (χ0) is 9.80. The number of hydrogen-bond acceptors (Lipinski definition) is 3. The highest BCUT2D eigenvalue weighted by molar-refractivity contribution is 8.14. The maximum atomic E-state index is 5.86. The highest BCUT2D eigenvalue weighted by Crippen LogP contribution is 2.19. The van der Waals surface area contributed by atoms with Crippen LogP contribution in [0.5, 0.6) is 0 Å². The normalized spacial score (nSPS) is 15.0. The van der Waals surface area contributed by atoms with Gasteiger partial charge in [-0.3, -0.25) is 4.99 Å². The van der Waals surface area contributed by atoms with E-state index in [0.717, 1.165) is 23.0 Å². The molecular weight excluding hydrogens is 192 g/mol. The monoisotopic (exact) mass is 203 g/mol. The molecule has 0 fully saturated rings. The number of benzene rings is 1. The van der Waals surface area contributed by atoms with Gasteiger partial charge in [-0.25, -0.2) is 0 Å². The molecule has 1 aliphatic rings. The second-order valence-electron chi connectivity index (χ2n) is 2.94. The summed E-state index contributed by atoms with van der Waals surface area (Å²) in [5.74, 6) is 1.03. The molecule has 1 heterocycles. The Morgan fingerprint density at radius 3 is 2.79 bits per heavy atom. The molecule has 0 saturated carbocycles. The van der Waals surface area contributed by atoms with E-state index in [9.17, 15) is 0 Å². The lowest BCUT2D eigenvalue weighted by Gasteiger charge is -2.07. The first-order chi connectivity index (χ1) is 6.86. The van der Waals surface area contributed by atoms with Gasteiger partial charge < -0.3 is 5.32 Å². The van der Waals surface area contributed by atoms with Crippen molar-refractivity contribution in [3.05, 3.63) is 42.6 Å². The number of nitrogens with one attached hydrogen (secondary N) is 1. The van der Waals surface area contributed by atoms with Gasteiger partial charge in [0.15, 0.2) is 0 Å². The third kappa shape index (κ3) is 2.17. The van der Waals surface area contributed by atoms with Crippen molar-refractivity contribution in [1.82, 2.24) is 0 Å². The molecule has 0 aliphatic carbocycles. The van der Waals surface area contributed by atoms with Gasteiger partial charge in [-0.2, -0.15) is 0 Å². The van der Waals surface area contributed by atoms with E-state index in [2.05, 4.69) is 10.3 Å². The Labute approximate surface area is 88.1 Å². The minimum absolute atomic E-state index is 0.652. The Bertz CT molecular complexity index is 357. The topological polar surface area (TPSA) is 24.4 Å². The Hall–Kier alpha value is -1.22.